The van der Waals surface area contributed by atoms with Crippen molar-refractivity contribution in [2.75, 3.05) is 10.6 Å². The van der Waals surface area contributed by atoms with Gasteiger partial charge in [-0.05, 0) is 44.9 Å². The maximum atomic E-state index is 12.2. The zero-order valence-electron chi connectivity index (χ0n) is 18.9. The van der Waals surface area contributed by atoms with Gasteiger partial charge in [-0.2, -0.15) is 0 Å². The van der Waals surface area contributed by atoms with Gasteiger partial charge in [0.2, 0.25) is 11.8 Å². The van der Waals surface area contributed by atoms with Crippen LogP contribution in [0.1, 0.15) is 69.3 Å². The Hall–Kier alpha value is -3.95. The third-order valence-corrected chi connectivity index (χ3v) is 4.53. The fraction of sp³-hybridized carbons (Fsp3) is 0.348. The predicted octanol–water partition coefficient (Wildman–Crippen LogP) is 3.87. The Morgan fingerprint density at radius 2 is 1.42 bits per heavy atom. The first-order valence-corrected chi connectivity index (χ1v) is 10.5. The second kappa shape index (κ2) is 11.1. The molecule has 2 amide bonds. The molecule has 0 aliphatic heterocycles. The molecule has 0 fully saturated rings. The molecule has 1 heterocycles. The highest BCUT2D eigenvalue weighted by Crippen LogP contribution is 2.31. The summed E-state index contributed by atoms with van der Waals surface area (Å²) in [6, 6.07) is 4.63. The number of rotatable bonds is 9. The molecule has 176 valence electrons. The minimum Gasteiger partial charge on any atom is -0.506 e. The molecule has 10 nitrogen and oxygen atoms in total. The Morgan fingerprint density at radius 1 is 0.909 bits per heavy atom. The quantitative estimate of drug-likeness (QED) is 0.328. The van der Waals surface area contributed by atoms with Crippen LogP contribution in [0.25, 0.3) is 0 Å². The third-order valence-electron chi connectivity index (χ3n) is 4.53. The number of aliphatic imine (C=N–C) groups is 1. The first kappa shape index (κ1) is 25.3. The first-order chi connectivity index (χ1) is 15.6. The van der Waals surface area contributed by atoms with Crippen LogP contribution in [0.3, 0.4) is 0 Å². The van der Waals surface area contributed by atoms with E-state index in [0.717, 1.165) is 6.92 Å². The standard InChI is InChI=1S/C23H27N3O7/c1-5-7-17(28)25-15-9-14(10-16(11-15)26-18(29)8-6-2)24-12(3)19-21(30)20(13(4)27)23(32)33-22(19)31/h9-11,30,32H,5-8H2,1-4H3,(H,25,28)(H,26,29). The Bertz CT molecular complexity index is 1130. The normalized spacial score (nSPS) is 11.2. The fourth-order valence-corrected chi connectivity index (χ4v) is 3.12. The lowest BCUT2D eigenvalue weighted by Gasteiger charge is -2.11. The van der Waals surface area contributed by atoms with Gasteiger partial charge in [0.1, 0.15) is 16.9 Å². The van der Waals surface area contributed by atoms with Gasteiger partial charge in [0.05, 0.1) is 11.4 Å². The Kier molecular flexibility index (Phi) is 8.49. The number of carbonyl (C=O) groups is 3. The number of Topliss-reactive ketones (excluding diaryl/α,β-unsaturated/α-hetero) is 1. The molecule has 0 atom stereocenters. The highest BCUT2D eigenvalue weighted by Gasteiger charge is 2.24. The lowest BCUT2D eigenvalue weighted by Crippen LogP contribution is -2.15. The van der Waals surface area contributed by atoms with E-state index >= 15 is 0 Å². The summed E-state index contributed by atoms with van der Waals surface area (Å²) in [5.74, 6) is -2.87. The largest absolute Gasteiger partial charge is 0.506 e. The number of nitrogens with one attached hydrogen (secondary N) is 2. The SMILES string of the molecule is CCCC(=O)Nc1cc(N=C(C)c2c(O)c(C(C)=O)c(O)oc2=O)cc(NC(=O)CCC)c1. The lowest BCUT2D eigenvalue weighted by molar-refractivity contribution is -0.117. The molecule has 10 heteroatoms. The van der Waals surface area contributed by atoms with E-state index in [0.29, 0.717) is 37.1 Å². The number of ketones is 1. The molecule has 33 heavy (non-hydrogen) atoms. The molecule has 0 unspecified atom stereocenters. The summed E-state index contributed by atoms with van der Waals surface area (Å²) in [4.78, 5) is 52.4. The van der Waals surface area contributed by atoms with Crippen molar-refractivity contribution in [3.05, 3.63) is 39.7 Å². The van der Waals surface area contributed by atoms with E-state index in [-0.39, 0.29) is 23.2 Å². The van der Waals surface area contributed by atoms with Crippen LogP contribution in [-0.2, 0) is 9.59 Å². The van der Waals surface area contributed by atoms with Crippen LogP contribution in [0, 0.1) is 0 Å². The maximum Gasteiger partial charge on any atom is 0.351 e. The fourth-order valence-electron chi connectivity index (χ4n) is 3.12. The van der Waals surface area contributed by atoms with E-state index in [1.807, 2.05) is 13.8 Å². The van der Waals surface area contributed by atoms with Gasteiger partial charge in [-0.3, -0.25) is 19.4 Å². The van der Waals surface area contributed by atoms with Gasteiger partial charge in [0.25, 0.3) is 5.95 Å². The average molecular weight is 457 g/mol. The molecular weight excluding hydrogens is 430 g/mol. The van der Waals surface area contributed by atoms with Crippen LogP contribution in [0.4, 0.5) is 17.1 Å². The van der Waals surface area contributed by atoms with E-state index in [1.54, 1.807) is 6.07 Å². The molecule has 0 saturated carbocycles. The molecule has 1 aromatic heterocycles. The van der Waals surface area contributed by atoms with E-state index in [4.69, 9.17) is 0 Å². The van der Waals surface area contributed by atoms with Gasteiger partial charge >= 0.3 is 5.63 Å². The van der Waals surface area contributed by atoms with E-state index in [2.05, 4.69) is 20.0 Å². The minimum atomic E-state index is -1.08. The number of benzene rings is 1. The number of amides is 2. The van der Waals surface area contributed by atoms with Crippen LogP contribution in [0.2, 0.25) is 0 Å². The van der Waals surface area contributed by atoms with Crippen LogP contribution < -0.4 is 16.3 Å². The molecule has 0 aliphatic rings. The van der Waals surface area contributed by atoms with Crippen molar-refractivity contribution >= 4 is 40.4 Å². The molecule has 2 aromatic rings. The molecule has 0 aliphatic carbocycles. The van der Waals surface area contributed by atoms with Gasteiger partial charge < -0.3 is 25.3 Å². The topological polar surface area (TPSA) is 158 Å². The lowest BCUT2D eigenvalue weighted by atomic mass is 10.1. The molecule has 0 bridgehead atoms. The number of hydrogen-bond donors (Lipinski definition) is 4. The van der Waals surface area contributed by atoms with Crippen LogP contribution in [-0.4, -0.2) is 33.5 Å². The van der Waals surface area contributed by atoms with Crippen molar-refractivity contribution in [2.45, 2.75) is 53.4 Å². The van der Waals surface area contributed by atoms with Crippen molar-refractivity contribution in [3.8, 4) is 11.7 Å². The minimum absolute atomic E-state index is 0.00776. The smallest absolute Gasteiger partial charge is 0.351 e. The second-order valence-electron chi connectivity index (χ2n) is 7.41. The number of nitrogens with zero attached hydrogens (tertiary/aromatic N) is 1. The first-order valence-electron chi connectivity index (χ1n) is 10.5. The number of aromatic hydroxyl groups is 2. The van der Waals surface area contributed by atoms with Crippen molar-refractivity contribution in [1.82, 2.24) is 0 Å². The van der Waals surface area contributed by atoms with E-state index in [9.17, 15) is 29.4 Å². The van der Waals surface area contributed by atoms with Gasteiger partial charge in [0.15, 0.2) is 5.78 Å². The zero-order chi connectivity index (χ0) is 24.7. The maximum absolute atomic E-state index is 12.2. The summed E-state index contributed by atoms with van der Waals surface area (Å²) in [6.07, 6.45) is 1.91. The van der Waals surface area contributed by atoms with Crippen molar-refractivity contribution < 1.29 is 29.0 Å². The van der Waals surface area contributed by atoms with Gasteiger partial charge in [0, 0.05) is 24.2 Å². The van der Waals surface area contributed by atoms with Crippen molar-refractivity contribution in [3.63, 3.8) is 0 Å². The molecule has 0 radical (unpaired) electrons. The summed E-state index contributed by atoms with van der Waals surface area (Å²) >= 11 is 0. The van der Waals surface area contributed by atoms with Gasteiger partial charge in [-0.15, -0.1) is 0 Å². The summed E-state index contributed by atoms with van der Waals surface area (Å²) < 4.78 is 4.67. The van der Waals surface area contributed by atoms with Crippen LogP contribution in [0.15, 0.2) is 32.4 Å². The third kappa shape index (κ3) is 6.52. The molecular formula is C23H27N3O7. The molecule has 2 rings (SSSR count). The Balaban J connectivity index is 2.57. The molecule has 4 N–H and O–H groups in total. The van der Waals surface area contributed by atoms with Crippen molar-refractivity contribution in [2.24, 2.45) is 4.99 Å². The summed E-state index contributed by atoms with van der Waals surface area (Å²) in [5, 5.41) is 25.6. The highest BCUT2D eigenvalue weighted by molar-refractivity contribution is 6.07. The van der Waals surface area contributed by atoms with Crippen LogP contribution in [0.5, 0.6) is 11.7 Å². The number of anilines is 2. The number of carbonyl (C=O) groups excluding carboxylic acids is 3. The van der Waals surface area contributed by atoms with Gasteiger partial charge in [-0.1, -0.05) is 13.8 Å². The zero-order valence-corrected chi connectivity index (χ0v) is 18.9. The van der Waals surface area contributed by atoms with E-state index < -0.39 is 34.2 Å². The summed E-state index contributed by atoms with van der Waals surface area (Å²) in [7, 11) is 0. The predicted molar refractivity (Wildman–Crippen MR) is 124 cm³/mol. The monoisotopic (exact) mass is 457 g/mol. The van der Waals surface area contributed by atoms with Crippen LogP contribution >= 0.6 is 0 Å². The Morgan fingerprint density at radius 3 is 1.88 bits per heavy atom. The van der Waals surface area contributed by atoms with E-state index in [1.165, 1.54) is 19.1 Å². The van der Waals surface area contributed by atoms with Crippen molar-refractivity contribution in [1.29, 1.82) is 0 Å². The average Bonchev–Trinajstić information content (AvgIpc) is 2.67. The number of hydrogen-bond acceptors (Lipinski definition) is 8. The van der Waals surface area contributed by atoms with Gasteiger partial charge in [-0.25, -0.2) is 4.79 Å². The molecule has 0 spiro atoms. The highest BCUT2D eigenvalue weighted by atomic mass is 16.5. The molecule has 1 aromatic carbocycles. The summed E-state index contributed by atoms with van der Waals surface area (Å²) in [6.45, 7) is 6.24. The second-order valence-corrected chi connectivity index (χ2v) is 7.41. The Labute approximate surface area is 190 Å². The molecule has 0 saturated heterocycles. The summed E-state index contributed by atoms with van der Waals surface area (Å²) in [5.41, 5.74) is -1.01.